The Kier molecular flexibility index (Phi) is 11.1. The molecular weight excluding hydrogens is 761 g/mol. The van der Waals surface area contributed by atoms with Gasteiger partial charge >= 0.3 is 11.9 Å². The van der Waals surface area contributed by atoms with E-state index in [9.17, 15) is 23.1 Å². The molecule has 13 nitrogen and oxygen atoms in total. The van der Waals surface area contributed by atoms with Gasteiger partial charge in [0.25, 0.3) is 15.9 Å². The average Bonchev–Trinajstić information content (AvgIpc) is 3.74. The fourth-order valence-electron chi connectivity index (χ4n) is 7.07. The maximum atomic E-state index is 15.4. The quantitative estimate of drug-likeness (QED) is 0.192. The number of sulfonamides is 1. The molecule has 4 aromatic carbocycles. The number of nitrogens with zero attached hydrogens (tertiary/aromatic N) is 2. The highest BCUT2D eigenvalue weighted by Gasteiger charge is 2.63. The van der Waals surface area contributed by atoms with Crippen LogP contribution in [0.5, 0.6) is 11.5 Å². The zero-order valence-electron chi connectivity index (χ0n) is 29.5. The van der Waals surface area contributed by atoms with E-state index in [-0.39, 0.29) is 69.2 Å². The average molecular weight is 799 g/mol. The van der Waals surface area contributed by atoms with Crippen LogP contribution >= 0.6 is 23.2 Å². The fraction of sp³-hybridized carbons (Fsp3) is 0.289. The van der Waals surface area contributed by atoms with E-state index >= 15 is 4.79 Å². The Balaban J connectivity index is 1.49. The lowest BCUT2D eigenvalue weighted by Crippen LogP contribution is -2.68. The molecule has 3 atom stereocenters. The monoisotopic (exact) mass is 797 g/mol. The molecule has 2 aliphatic heterocycles. The van der Waals surface area contributed by atoms with Crippen LogP contribution in [0.15, 0.2) is 95.9 Å². The summed E-state index contributed by atoms with van der Waals surface area (Å²) in [5.74, 6) is -2.31. The lowest BCUT2D eigenvalue weighted by Gasteiger charge is -2.42. The Labute approximate surface area is 322 Å². The van der Waals surface area contributed by atoms with Gasteiger partial charge in [-0.3, -0.25) is 14.9 Å². The molecule has 0 spiro atoms. The van der Waals surface area contributed by atoms with Crippen LogP contribution in [0.25, 0.3) is 0 Å². The fourth-order valence-corrected chi connectivity index (χ4v) is 9.19. The van der Waals surface area contributed by atoms with Gasteiger partial charge in [0.15, 0.2) is 23.2 Å². The third-order valence-corrected chi connectivity index (χ3v) is 11.9. The number of ether oxygens (including phenoxy) is 4. The largest absolute Gasteiger partial charge is 0.493 e. The smallest absolute Gasteiger partial charge is 0.347 e. The van der Waals surface area contributed by atoms with Crippen LogP contribution in [-0.2, 0) is 46.1 Å². The third-order valence-electron chi connectivity index (χ3n) is 9.61. The Bertz CT molecular complexity index is 2190. The van der Waals surface area contributed by atoms with E-state index < -0.39 is 51.7 Å². The number of anilines is 1. The Morgan fingerprint density at radius 1 is 0.889 bits per heavy atom. The van der Waals surface area contributed by atoms with E-state index in [4.69, 9.17) is 42.1 Å². The predicted molar refractivity (Wildman–Crippen MR) is 199 cm³/mol. The van der Waals surface area contributed by atoms with E-state index in [0.29, 0.717) is 0 Å². The standard InChI is InChI=1S/C38H37Cl2N3O10S/c1-50-31-17-15-26(21-32(31)51-2)54(48,49)43-30-16-14-25(39)20-28(30)38(47,27-12-7-8-13-29(27)40)34(43)35(45)42-19-9-18-37(42,36(46)52-3)41-22-33(44)53-23-24-10-5-4-6-11-24/h4-8,10-17,20-21,34,41,47H,9,18-19,22-23H2,1-3H3/t34-,37+,38-/m1/s1. The Hall–Kier alpha value is -4.86. The van der Waals surface area contributed by atoms with E-state index in [1.165, 1.54) is 62.8 Å². The number of fused-ring (bicyclic) bond motifs is 1. The minimum atomic E-state index is -4.77. The van der Waals surface area contributed by atoms with Crippen molar-refractivity contribution >= 4 is 56.8 Å². The summed E-state index contributed by atoms with van der Waals surface area (Å²) in [5, 5.41) is 16.1. The van der Waals surface area contributed by atoms with Crippen molar-refractivity contribution in [2.45, 2.75) is 41.6 Å². The molecule has 6 rings (SSSR count). The van der Waals surface area contributed by atoms with Gasteiger partial charge in [0.1, 0.15) is 12.2 Å². The number of methoxy groups -OCH3 is 3. The van der Waals surface area contributed by atoms with Gasteiger partial charge < -0.3 is 29.0 Å². The van der Waals surface area contributed by atoms with Crippen LogP contribution in [-0.4, -0.2) is 82.4 Å². The number of esters is 2. The first-order valence-corrected chi connectivity index (χ1v) is 18.9. The highest BCUT2D eigenvalue weighted by molar-refractivity contribution is 7.93. The molecule has 0 aromatic heterocycles. The molecule has 0 aliphatic carbocycles. The van der Waals surface area contributed by atoms with Gasteiger partial charge in [-0.25, -0.2) is 17.5 Å². The Morgan fingerprint density at radius 3 is 2.28 bits per heavy atom. The van der Waals surface area contributed by atoms with E-state index in [0.717, 1.165) is 21.9 Å². The summed E-state index contributed by atoms with van der Waals surface area (Å²) in [7, 11) is -0.905. The van der Waals surface area contributed by atoms with Crippen molar-refractivity contribution in [3.8, 4) is 11.5 Å². The van der Waals surface area contributed by atoms with Crippen LogP contribution in [0, 0.1) is 0 Å². The van der Waals surface area contributed by atoms with Gasteiger partial charge in [0.05, 0.1) is 38.5 Å². The molecule has 1 saturated heterocycles. The van der Waals surface area contributed by atoms with Crippen LogP contribution in [0.1, 0.15) is 29.5 Å². The van der Waals surface area contributed by atoms with Crippen molar-refractivity contribution in [1.82, 2.24) is 10.2 Å². The second-order valence-corrected chi connectivity index (χ2v) is 15.2. The minimum absolute atomic E-state index is 0.00106. The molecule has 0 saturated carbocycles. The summed E-state index contributed by atoms with van der Waals surface area (Å²) in [4.78, 5) is 42.9. The van der Waals surface area contributed by atoms with Crippen LogP contribution in [0.4, 0.5) is 5.69 Å². The number of halogens is 2. The number of nitrogens with one attached hydrogen (secondary N) is 1. The number of benzene rings is 4. The van der Waals surface area contributed by atoms with Crippen molar-refractivity contribution < 1.29 is 46.9 Å². The molecule has 2 N–H and O–H groups in total. The number of aliphatic hydroxyl groups is 1. The van der Waals surface area contributed by atoms with Crippen molar-refractivity contribution in [3.05, 3.63) is 118 Å². The summed E-state index contributed by atoms with van der Waals surface area (Å²) in [6.45, 7) is -0.642. The number of carbonyl (C=O) groups is 3. The van der Waals surface area contributed by atoms with Crippen LogP contribution in [0.2, 0.25) is 10.0 Å². The molecule has 1 amide bonds. The molecule has 54 heavy (non-hydrogen) atoms. The second-order valence-electron chi connectivity index (χ2n) is 12.6. The molecule has 16 heteroatoms. The molecular formula is C38H37Cl2N3O10S. The lowest BCUT2D eigenvalue weighted by molar-refractivity contribution is -0.165. The van der Waals surface area contributed by atoms with Gasteiger partial charge in [0, 0.05) is 33.8 Å². The summed E-state index contributed by atoms with van der Waals surface area (Å²) in [5.41, 5.74) is -3.82. The van der Waals surface area contributed by atoms with Crippen molar-refractivity contribution in [2.24, 2.45) is 0 Å². The van der Waals surface area contributed by atoms with Gasteiger partial charge in [-0.1, -0.05) is 71.7 Å². The molecule has 284 valence electrons. The molecule has 4 aromatic rings. The number of rotatable bonds is 12. The summed E-state index contributed by atoms with van der Waals surface area (Å²) in [6, 6.07) is 21.2. The summed E-state index contributed by atoms with van der Waals surface area (Å²) >= 11 is 13.2. The first kappa shape index (κ1) is 38.9. The van der Waals surface area contributed by atoms with Gasteiger partial charge in [0.2, 0.25) is 0 Å². The first-order valence-electron chi connectivity index (χ1n) is 16.7. The normalized spacial score (nSPS) is 20.7. The van der Waals surface area contributed by atoms with Gasteiger partial charge in [-0.2, -0.15) is 0 Å². The van der Waals surface area contributed by atoms with Crippen molar-refractivity contribution in [3.63, 3.8) is 0 Å². The zero-order valence-corrected chi connectivity index (χ0v) is 31.8. The van der Waals surface area contributed by atoms with Gasteiger partial charge in [-0.05, 0) is 54.8 Å². The van der Waals surface area contributed by atoms with E-state index in [1.807, 2.05) is 6.07 Å². The molecule has 2 heterocycles. The second kappa shape index (κ2) is 15.5. The van der Waals surface area contributed by atoms with Crippen molar-refractivity contribution in [2.75, 3.05) is 38.7 Å². The highest BCUT2D eigenvalue weighted by Crippen LogP contribution is 2.53. The number of hydrogen-bond donors (Lipinski definition) is 2. The summed E-state index contributed by atoms with van der Waals surface area (Å²) in [6.07, 6.45) is 0.223. The number of amides is 1. The number of carbonyl (C=O) groups excluding carboxylic acids is 3. The molecule has 0 unspecified atom stereocenters. The third kappa shape index (κ3) is 6.73. The maximum absolute atomic E-state index is 15.4. The van der Waals surface area contributed by atoms with E-state index in [2.05, 4.69) is 5.32 Å². The Morgan fingerprint density at radius 2 is 1.59 bits per heavy atom. The molecule has 2 aliphatic rings. The molecule has 0 bridgehead atoms. The first-order chi connectivity index (χ1) is 25.8. The topological polar surface area (TPSA) is 161 Å². The summed E-state index contributed by atoms with van der Waals surface area (Å²) < 4.78 is 52.0. The van der Waals surface area contributed by atoms with Crippen molar-refractivity contribution in [1.29, 1.82) is 0 Å². The molecule has 0 radical (unpaired) electrons. The van der Waals surface area contributed by atoms with E-state index in [1.54, 1.807) is 36.4 Å². The SMILES string of the molecule is COC(=O)[C@]1(NCC(=O)OCc2ccccc2)CCCN1C(=O)[C@H]1N(S(=O)(=O)c2ccc(OC)c(OC)c2)c2ccc(Cl)cc2[C@]1(O)c1ccccc1Cl. The van der Waals surface area contributed by atoms with Crippen LogP contribution < -0.4 is 19.1 Å². The minimum Gasteiger partial charge on any atom is -0.493 e. The zero-order chi connectivity index (χ0) is 38.8. The lowest BCUT2D eigenvalue weighted by atomic mass is 9.82. The number of hydrogen-bond acceptors (Lipinski definition) is 11. The highest BCUT2D eigenvalue weighted by atomic mass is 35.5. The maximum Gasteiger partial charge on any atom is 0.347 e. The van der Waals surface area contributed by atoms with Gasteiger partial charge in [-0.15, -0.1) is 0 Å². The van der Waals surface area contributed by atoms with Crippen LogP contribution in [0.3, 0.4) is 0 Å². The molecule has 1 fully saturated rings. The predicted octanol–water partition coefficient (Wildman–Crippen LogP) is 4.65. The number of likely N-dealkylation sites (tertiary alicyclic amines) is 1.